The van der Waals surface area contributed by atoms with Crippen molar-refractivity contribution in [2.75, 3.05) is 0 Å². The van der Waals surface area contributed by atoms with Gasteiger partial charge in [0.2, 0.25) is 0 Å². The number of carbonyl (C=O) groups excluding carboxylic acids is 1. The van der Waals surface area contributed by atoms with E-state index in [4.69, 9.17) is 0 Å². The summed E-state index contributed by atoms with van der Waals surface area (Å²) in [7, 11) is 0. The monoisotopic (exact) mass is 269 g/mol. The summed E-state index contributed by atoms with van der Waals surface area (Å²) in [4.78, 5) is 12.0. The van der Waals surface area contributed by atoms with Crippen LogP contribution in [0, 0.1) is 26.7 Å². The summed E-state index contributed by atoms with van der Waals surface area (Å²) < 4.78 is 2.10. The van der Waals surface area contributed by atoms with Gasteiger partial charge in [0.1, 0.15) is 0 Å². The molecule has 2 rings (SSSR count). The van der Waals surface area contributed by atoms with Crippen LogP contribution in [-0.2, 0) is 6.54 Å². The predicted octanol–water partition coefficient (Wildman–Crippen LogP) is 4.30. The molecule has 20 heavy (non-hydrogen) atoms. The molecule has 0 saturated heterocycles. The molecule has 0 bridgehead atoms. The maximum Gasteiger partial charge on any atom is 0.166 e. The molecule has 1 heterocycles. The molecule has 0 spiro atoms. The van der Waals surface area contributed by atoms with Gasteiger partial charge in [-0.05, 0) is 43.5 Å². The highest BCUT2D eigenvalue weighted by molar-refractivity contribution is 5.97. The molecule has 2 heteroatoms. The maximum absolute atomic E-state index is 12.0. The van der Waals surface area contributed by atoms with Gasteiger partial charge in [-0.15, -0.1) is 0 Å². The van der Waals surface area contributed by atoms with Crippen molar-refractivity contribution < 1.29 is 4.79 Å². The molecular weight excluding hydrogens is 246 g/mol. The number of aryl methyl sites for hydroxylation is 3. The maximum atomic E-state index is 12.0. The topological polar surface area (TPSA) is 22.0 Å². The molecule has 0 aliphatic rings. The molecule has 0 N–H and O–H groups in total. The SMILES string of the molecule is Cc1cc(C)c(Cn2ccc(C(=O)C(C)C)c2)c(C)c1. The number of aromatic nitrogens is 1. The number of Topliss-reactive ketones (excluding diaryl/α,β-unsaturated/α-hetero) is 1. The highest BCUT2D eigenvalue weighted by atomic mass is 16.1. The van der Waals surface area contributed by atoms with Crippen LogP contribution < -0.4 is 0 Å². The Morgan fingerprint density at radius 1 is 1.15 bits per heavy atom. The molecule has 2 aromatic rings. The van der Waals surface area contributed by atoms with E-state index in [-0.39, 0.29) is 11.7 Å². The van der Waals surface area contributed by atoms with Crippen molar-refractivity contribution in [2.24, 2.45) is 5.92 Å². The second-order valence-corrected chi connectivity index (χ2v) is 5.97. The highest BCUT2D eigenvalue weighted by Gasteiger charge is 2.12. The number of hydrogen-bond acceptors (Lipinski definition) is 1. The van der Waals surface area contributed by atoms with E-state index >= 15 is 0 Å². The third kappa shape index (κ3) is 3.01. The smallest absolute Gasteiger partial charge is 0.166 e. The van der Waals surface area contributed by atoms with Crippen LogP contribution in [0.2, 0.25) is 0 Å². The molecule has 0 atom stereocenters. The molecule has 1 aromatic carbocycles. The lowest BCUT2D eigenvalue weighted by Crippen LogP contribution is -2.07. The number of nitrogens with zero attached hydrogens (tertiary/aromatic N) is 1. The van der Waals surface area contributed by atoms with E-state index in [0.717, 1.165) is 12.1 Å². The molecule has 2 nitrogen and oxygen atoms in total. The average Bonchev–Trinajstić information content (AvgIpc) is 2.81. The second kappa shape index (κ2) is 5.66. The van der Waals surface area contributed by atoms with Crippen LogP contribution in [0.4, 0.5) is 0 Å². The number of benzene rings is 1. The molecule has 0 amide bonds. The van der Waals surface area contributed by atoms with E-state index in [9.17, 15) is 4.79 Å². The van der Waals surface area contributed by atoms with E-state index in [1.54, 1.807) is 0 Å². The minimum atomic E-state index is 0.0497. The Labute approximate surface area is 121 Å². The Kier molecular flexibility index (Phi) is 4.12. The van der Waals surface area contributed by atoms with Gasteiger partial charge in [-0.1, -0.05) is 31.5 Å². The van der Waals surface area contributed by atoms with Crippen LogP contribution in [0.5, 0.6) is 0 Å². The average molecular weight is 269 g/mol. The Morgan fingerprint density at radius 3 is 2.30 bits per heavy atom. The molecule has 106 valence electrons. The fraction of sp³-hybridized carbons (Fsp3) is 0.389. The summed E-state index contributed by atoms with van der Waals surface area (Å²) in [5, 5.41) is 0. The molecule has 1 aromatic heterocycles. The molecular formula is C18H23NO. The summed E-state index contributed by atoms with van der Waals surface area (Å²) in [6, 6.07) is 6.35. The largest absolute Gasteiger partial charge is 0.349 e. The predicted molar refractivity (Wildman–Crippen MR) is 83.4 cm³/mol. The fourth-order valence-corrected chi connectivity index (χ4v) is 2.66. The Morgan fingerprint density at radius 2 is 1.75 bits per heavy atom. The summed E-state index contributed by atoms with van der Waals surface area (Å²) in [6.07, 6.45) is 3.95. The fourth-order valence-electron chi connectivity index (χ4n) is 2.66. The van der Waals surface area contributed by atoms with Crippen LogP contribution in [0.25, 0.3) is 0 Å². The van der Waals surface area contributed by atoms with Crippen LogP contribution in [-0.4, -0.2) is 10.4 Å². The first-order valence-corrected chi connectivity index (χ1v) is 7.15. The quantitative estimate of drug-likeness (QED) is 0.758. The Bertz CT molecular complexity index is 612. The van der Waals surface area contributed by atoms with Gasteiger partial charge in [0.25, 0.3) is 0 Å². The van der Waals surface area contributed by atoms with Crippen molar-refractivity contribution in [1.82, 2.24) is 4.57 Å². The van der Waals surface area contributed by atoms with E-state index in [2.05, 4.69) is 37.5 Å². The third-order valence-corrected chi connectivity index (χ3v) is 3.74. The van der Waals surface area contributed by atoms with Crippen molar-refractivity contribution in [3.05, 3.63) is 58.4 Å². The second-order valence-electron chi connectivity index (χ2n) is 5.97. The van der Waals surface area contributed by atoms with E-state index in [1.165, 1.54) is 22.3 Å². The van der Waals surface area contributed by atoms with Crippen LogP contribution in [0.1, 0.15) is 46.5 Å². The first-order chi connectivity index (χ1) is 9.38. The zero-order valence-electron chi connectivity index (χ0n) is 13.0. The van der Waals surface area contributed by atoms with Crippen molar-refractivity contribution in [1.29, 1.82) is 0 Å². The lowest BCUT2D eigenvalue weighted by Gasteiger charge is -2.12. The van der Waals surface area contributed by atoms with Gasteiger partial charge >= 0.3 is 0 Å². The minimum absolute atomic E-state index is 0.0497. The summed E-state index contributed by atoms with van der Waals surface area (Å²) in [5.74, 6) is 0.259. The number of carbonyl (C=O) groups is 1. The van der Waals surface area contributed by atoms with Gasteiger partial charge in [-0.3, -0.25) is 4.79 Å². The first-order valence-electron chi connectivity index (χ1n) is 7.15. The Balaban J connectivity index is 2.26. The first kappa shape index (κ1) is 14.6. The standard InChI is InChI=1S/C18H23NO/c1-12(2)18(20)16-6-7-19(10-16)11-17-14(4)8-13(3)9-15(17)5/h6-10,12H,11H2,1-5H3. The van der Waals surface area contributed by atoms with Gasteiger partial charge in [0.05, 0.1) is 0 Å². The van der Waals surface area contributed by atoms with Gasteiger partial charge in [0, 0.05) is 30.4 Å². The summed E-state index contributed by atoms with van der Waals surface area (Å²) >= 11 is 0. The lowest BCUT2D eigenvalue weighted by atomic mass is 10.00. The number of ketones is 1. The third-order valence-electron chi connectivity index (χ3n) is 3.74. The molecule has 0 radical (unpaired) electrons. The molecule has 0 unspecified atom stereocenters. The Hall–Kier alpha value is -1.83. The highest BCUT2D eigenvalue weighted by Crippen LogP contribution is 2.18. The van der Waals surface area contributed by atoms with Crippen molar-refractivity contribution in [3.63, 3.8) is 0 Å². The zero-order valence-corrected chi connectivity index (χ0v) is 13.0. The van der Waals surface area contributed by atoms with Gasteiger partial charge in [-0.2, -0.15) is 0 Å². The van der Waals surface area contributed by atoms with Crippen LogP contribution >= 0.6 is 0 Å². The van der Waals surface area contributed by atoms with Gasteiger partial charge in [0.15, 0.2) is 5.78 Å². The van der Waals surface area contributed by atoms with E-state index in [0.29, 0.717) is 0 Å². The van der Waals surface area contributed by atoms with Gasteiger partial charge in [-0.25, -0.2) is 0 Å². The van der Waals surface area contributed by atoms with Gasteiger partial charge < -0.3 is 4.57 Å². The molecule has 0 aliphatic carbocycles. The van der Waals surface area contributed by atoms with Crippen LogP contribution in [0.15, 0.2) is 30.6 Å². The normalized spacial score (nSPS) is 11.1. The zero-order chi connectivity index (χ0) is 14.9. The molecule has 0 aliphatic heterocycles. The number of hydrogen-bond donors (Lipinski definition) is 0. The van der Waals surface area contributed by atoms with E-state index in [1.807, 2.05) is 32.3 Å². The van der Waals surface area contributed by atoms with Crippen LogP contribution in [0.3, 0.4) is 0 Å². The minimum Gasteiger partial charge on any atom is -0.349 e. The summed E-state index contributed by atoms with van der Waals surface area (Å²) in [6.45, 7) is 11.1. The lowest BCUT2D eigenvalue weighted by molar-refractivity contribution is 0.0939. The summed E-state index contributed by atoms with van der Waals surface area (Å²) in [5.41, 5.74) is 6.07. The molecule has 0 saturated carbocycles. The number of rotatable bonds is 4. The van der Waals surface area contributed by atoms with Crippen molar-refractivity contribution in [2.45, 2.75) is 41.2 Å². The van der Waals surface area contributed by atoms with Crippen molar-refractivity contribution in [3.8, 4) is 0 Å². The van der Waals surface area contributed by atoms with E-state index < -0.39 is 0 Å². The van der Waals surface area contributed by atoms with Crippen molar-refractivity contribution >= 4 is 5.78 Å². The molecule has 0 fully saturated rings.